The SMILES string of the molecule is Cc1ccc(-c2n[nH]c(=S)n2N=Cc2c(Cl)cccc2Cl)cc1. The van der Waals surface area contributed by atoms with Gasteiger partial charge in [0.1, 0.15) is 0 Å². The molecule has 0 saturated heterocycles. The molecule has 1 aromatic heterocycles. The zero-order valence-electron chi connectivity index (χ0n) is 12.1. The van der Waals surface area contributed by atoms with Crippen LogP contribution >= 0.6 is 35.4 Å². The van der Waals surface area contributed by atoms with E-state index in [0.29, 0.717) is 26.2 Å². The Balaban J connectivity index is 2.04. The molecule has 4 nitrogen and oxygen atoms in total. The largest absolute Gasteiger partial charge is 0.250 e. The molecule has 1 N–H and O–H groups in total. The van der Waals surface area contributed by atoms with Crippen molar-refractivity contribution in [2.45, 2.75) is 6.92 Å². The molecule has 2 aromatic carbocycles. The van der Waals surface area contributed by atoms with Gasteiger partial charge in [0, 0.05) is 11.1 Å². The Kier molecular flexibility index (Phi) is 4.61. The highest BCUT2D eigenvalue weighted by molar-refractivity contribution is 7.71. The van der Waals surface area contributed by atoms with Crippen LogP contribution in [0.25, 0.3) is 11.4 Å². The molecule has 0 saturated carbocycles. The number of rotatable bonds is 3. The summed E-state index contributed by atoms with van der Waals surface area (Å²) in [6.07, 6.45) is 1.58. The van der Waals surface area contributed by atoms with Gasteiger partial charge in [-0.3, -0.25) is 0 Å². The quantitative estimate of drug-likeness (QED) is 0.520. The molecule has 0 amide bonds. The molecule has 3 aromatic rings. The highest BCUT2D eigenvalue weighted by atomic mass is 35.5. The maximum Gasteiger partial charge on any atom is 0.216 e. The number of aromatic amines is 1. The van der Waals surface area contributed by atoms with Crippen LogP contribution < -0.4 is 0 Å². The fourth-order valence-corrected chi connectivity index (χ4v) is 2.71. The summed E-state index contributed by atoms with van der Waals surface area (Å²) >= 11 is 17.5. The molecule has 0 fully saturated rings. The van der Waals surface area contributed by atoms with Crippen LogP contribution in [0.5, 0.6) is 0 Å². The minimum atomic E-state index is 0.389. The lowest BCUT2D eigenvalue weighted by Gasteiger charge is -2.03. The molecule has 23 heavy (non-hydrogen) atoms. The van der Waals surface area contributed by atoms with Crippen LogP contribution in [0.2, 0.25) is 10.0 Å². The van der Waals surface area contributed by atoms with Gasteiger partial charge in [-0.15, -0.1) is 0 Å². The van der Waals surface area contributed by atoms with Crippen molar-refractivity contribution < 1.29 is 0 Å². The maximum absolute atomic E-state index is 6.15. The summed E-state index contributed by atoms with van der Waals surface area (Å²) in [5.41, 5.74) is 2.71. The predicted molar refractivity (Wildman–Crippen MR) is 97.0 cm³/mol. The van der Waals surface area contributed by atoms with E-state index in [1.807, 2.05) is 31.2 Å². The van der Waals surface area contributed by atoms with E-state index < -0.39 is 0 Å². The van der Waals surface area contributed by atoms with E-state index in [9.17, 15) is 0 Å². The molecule has 0 unspecified atom stereocenters. The van der Waals surface area contributed by atoms with E-state index in [1.54, 1.807) is 29.1 Å². The van der Waals surface area contributed by atoms with Crippen molar-refractivity contribution in [2.24, 2.45) is 5.10 Å². The smallest absolute Gasteiger partial charge is 0.216 e. The summed E-state index contributed by atoms with van der Waals surface area (Å²) in [5, 5.41) is 12.4. The average Bonchev–Trinajstić information content (AvgIpc) is 2.89. The second-order valence-electron chi connectivity index (χ2n) is 4.91. The van der Waals surface area contributed by atoms with Crippen LogP contribution in [-0.2, 0) is 0 Å². The number of H-pyrrole nitrogens is 1. The molecule has 0 aliphatic carbocycles. The molecule has 7 heteroatoms. The molecule has 0 spiro atoms. The highest BCUT2D eigenvalue weighted by Gasteiger charge is 2.08. The van der Waals surface area contributed by atoms with Gasteiger partial charge in [-0.25, -0.2) is 5.10 Å². The molecule has 0 atom stereocenters. The first-order chi connectivity index (χ1) is 11.1. The van der Waals surface area contributed by atoms with Crippen molar-refractivity contribution in [3.8, 4) is 11.4 Å². The zero-order chi connectivity index (χ0) is 16.4. The molecular formula is C16H12Cl2N4S. The zero-order valence-corrected chi connectivity index (χ0v) is 14.5. The number of hydrogen-bond donors (Lipinski definition) is 1. The Bertz CT molecular complexity index is 906. The van der Waals surface area contributed by atoms with E-state index in [2.05, 4.69) is 15.3 Å². The summed E-state index contributed by atoms with van der Waals surface area (Å²) in [6, 6.07) is 13.2. The number of nitrogens with one attached hydrogen (secondary N) is 1. The van der Waals surface area contributed by atoms with Crippen molar-refractivity contribution >= 4 is 41.6 Å². The van der Waals surface area contributed by atoms with Gasteiger partial charge in [0.2, 0.25) is 4.77 Å². The van der Waals surface area contributed by atoms with Gasteiger partial charge in [-0.1, -0.05) is 59.1 Å². The molecular weight excluding hydrogens is 351 g/mol. The Morgan fingerprint density at radius 2 is 1.78 bits per heavy atom. The Morgan fingerprint density at radius 1 is 1.13 bits per heavy atom. The average molecular weight is 363 g/mol. The van der Waals surface area contributed by atoms with Crippen LogP contribution in [0, 0.1) is 11.7 Å². The Labute approximate surface area is 148 Å². The monoisotopic (exact) mass is 362 g/mol. The lowest BCUT2D eigenvalue weighted by atomic mass is 10.1. The maximum atomic E-state index is 6.15. The lowest BCUT2D eigenvalue weighted by Crippen LogP contribution is -1.96. The summed E-state index contributed by atoms with van der Waals surface area (Å²) < 4.78 is 1.93. The van der Waals surface area contributed by atoms with Crippen molar-refractivity contribution in [3.05, 3.63) is 68.4 Å². The Hall–Kier alpha value is -1.95. The second kappa shape index (κ2) is 6.66. The van der Waals surface area contributed by atoms with E-state index in [4.69, 9.17) is 35.4 Å². The van der Waals surface area contributed by atoms with Crippen LogP contribution in [0.3, 0.4) is 0 Å². The molecule has 0 aliphatic heterocycles. The molecule has 0 bridgehead atoms. The van der Waals surface area contributed by atoms with Crippen molar-refractivity contribution in [1.82, 2.24) is 14.9 Å². The third-order valence-corrected chi connectivity index (χ3v) is 4.19. The number of aryl methyl sites for hydroxylation is 1. The molecule has 1 heterocycles. The van der Waals surface area contributed by atoms with Gasteiger partial charge in [-0.2, -0.15) is 14.9 Å². The van der Waals surface area contributed by atoms with E-state index in [-0.39, 0.29) is 0 Å². The van der Waals surface area contributed by atoms with Gasteiger partial charge in [0.05, 0.1) is 16.3 Å². The highest BCUT2D eigenvalue weighted by Crippen LogP contribution is 2.23. The van der Waals surface area contributed by atoms with Crippen molar-refractivity contribution in [2.75, 3.05) is 0 Å². The fourth-order valence-electron chi connectivity index (χ4n) is 2.04. The molecule has 0 aliphatic rings. The van der Waals surface area contributed by atoms with Crippen LogP contribution in [0.4, 0.5) is 0 Å². The first-order valence-electron chi connectivity index (χ1n) is 6.79. The molecule has 116 valence electrons. The second-order valence-corrected chi connectivity index (χ2v) is 6.11. The van der Waals surface area contributed by atoms with E-state index >= 15 is 0 Å². The summed E-state index contributed by atoms with van der Waals surface area (Å²) in [6.45, 7) is 2.03. The molecule has 0 radical (unpaired) electrons. The van der Waals surface area contributed by atoms with Crippen molar-refractivity contribution in [3.63, 3.8) is 0 Å². The number of aromatic nitrogens is 3. The standard InChI is InChI=1S/C16H12Cl2N4S/c1-10-5-7-11(8-6-10)15-20-21-16(23)22(15)19-9-12-13(17)3-2-4-14(12)18/h2-9H,1H3,(H,21,23). The van der Waals surface area contributed by atoms with Crippen LogP contribution in [0.15, 0.2) is 47.6 Å². The van der Waals surface area contributed by atoms with Gasteiger partial charge >= 0.3 is 0 Å². The lowest BCUT2D eigenvalue weighted by molar-refractivity contribution is 0.871. The Morgan fingerprint density at radius 3 is 2.43 bits per heavy atom. The van der Waals surface area contributed by atoms with Crippen LogP contribution in [-0.4, -0.2) is 21.1 Å². The predicted octanol–water partition coefficient (Wildman–Crippen LogP) is 5.11. The van der Waals surface area contributed by atoms with E-state index in [0.717, 1.165) is 5.56 Å². The topological polar surface area (TPSA) is 46.0 Å². The van der Waals surface area contributed by atoms with Gasteiger partial charge in [-0.05, 0) is 31.3 Å². The summed E-state index contributed by atoms with van der Waals surface area (Å²) in [7, 11) is 0. The molecule has 3 rings (SSSR count). The minimum absolute atomic E-state index is 0.389. The first-order valence-corrected chi connectivity index (χ1v) is 7.95. The van der Waals surface area contributed by atoms with Gasteiger partial charge in [0.15, 0.2) is 5.82 Å². The van der Waals surface area contributed by atoms with Crippen LogP contribution in [0.1, 0.15) is 11.1 Å². The van der Waals surface area contributed by atoms with Crippen molar-refractivity contribution in [1.29, 1.82) is 0 Å². The third kappa shape index (κ3) is 3.37. The van der Waals surface area contributed by atoms with Gasteiger partial charge in [0.25, 0.3) is 0 Å². The third-order valence-electron chi connectivity index (χ3n) is 3.26. The van der Waals surface area contributed by atoms with E-state index in [1.165, 1.54) is 5.56 Å². The number of halogens is 2. The normalized spacial score (nSPS) is 11.3. The number of nitrogens with zero attached hydrogens (tertiary/aromatic N) is 3. The number of benzene rings is 2. The summed E-state index contributed by atoms with van der Waals surface area (Å²) in [5.74, 6) is 0.620. The van der Waals surface area contributed by atoms with Gasteiger partial charge < -0.3 is 0 Å². The summed E-state index contributed by atoms with van der Waals surface area (Å²) in [4.78, 5) is 0. The first kappa shape index (κ1) is 15.9. The minimum Gasteiger partial charge on any atom is -0.250 e. The fraction of sp³-hybridized carbons (Fsp3) is 0.0625. The number of hydrogen-bond acceptors (Lipinski definition) is 3.